The molecule has 180 valence electrons. The number of rotatable bonds is 7. The summed E-state index contributed by atoms with van der Waals surface area (Å²) in [5, 5.41) is 19.7. The molecule has 0 amide bonds. The predicted octanol–water partition coefficient (Wildman–Crippen LogP) is 5.62. The Morgan fingerprint density at radius 1 is 0.667 bits per heavy atom. The van der Waals surface area contributed by atoms with Crippen molar-refractivity contribution >= 4 is 11.9 Å². The second-order valence-electron chi connectivity index (χ2n) is 9.17. The van der Waals surface area contributed by atoms with Crippen LogP contribution in [0.4, 0.5) is 0 Å². The van der Waals surface area contributed by atoms with Crippen LogP contribution in [0.2, 0.25) is 0 Å². The van der Waals surface area contributed by atoms with Crippen LogP contribution in [0.1, 0.15) is 45.0 Å². The van der Waals surface area contributed by atoms with Crippen LogP contribution in [-0.2, 0) is 10.3 Å². The zero-order valence-electron chi connectivity index (χ0n) is 19.7. The van der Waals surface area contributed by atoms with Crippen molar-refractivity contribution in [2.75, 3.05) is 6.54 Å². The van der Waals surface area contributed by atoms with E-state index in [4.69, 9.17) is 0 Å². The number of benzene rings is 4. The van der Waals surface area contributed by atoms with Gasteiger partial charge in [0, 0.05) is 6.54 Å². The van der Waals surface area contributed by atoms with Crippen molar-refractivity contribution < 1.29 is 19.8 Å². The van der Waals surface area contributed by atoms with Gasteiger partial charge < -0.3 is 10.2 Å². The molecule has 1 heterocycles. The Hall–Kier alpha value is -4.22. The molecule has 1 aliphatic rings. The maximum atomic E-state index is 12.8. The minimum atomic E-state index is -0.978. The van der Waals surface area contributed by atoms with Crippen molar-refractivity contribution in [3.63, 3.8) is 0 Å². The fourth-order valence-corrected chi connectivity index (χ4v) is 5.62. The van der Waals surface area contributed by atoms with E-state index in [9.17, 15) is 19.8 Å². The van der Waals surface area contributed by atoms with Crippen molar-refractivity contribution in [1.82, 2.24) is 4.90 Å². The van der Waals surface area contributed by atoms with E-state index in [1.54, 1.807) is 12.1 Å². The summed E-state index contributed by atoms with van der Waals surface area (Å²) in [5.74, 6) is -1.91. The number of carboxylic acid groups (broad SMARTS) is 2. The highest BCUT2D eigenvalue weighted by atomic mass is 16.4. The second kappa shape index (κ2) is 9.80. The molecule has 1 saturated heterocycles. The molecule has 2 N–H and O–H groups in total. The molecule has 1 fully saturated rings. The van der Waals surface area contributed by atoms with Gasteiger partial charge in [-0.15, -0.1) is 0 Å². The smallest absolute Gasteiger partial charge is 0.335 e. The van der Waals surface area contributed by atoms with Gasteiger partial charge in [0.2, 0.25) is 0 Å². The third-order valence-corrected chi connectivity index (χ3v) is 7.22. The molecule has 1 unspecified atom stereocenters. The molecule has 2 atom stereocenters. The fraction of sp³-hybridized carbons (Fsp3) is 0.161. The second-order valence-corrected chi connectivity index (χ2v) is 9.17. The van der Waals surface area contributed by atoms with Gasteiger partial charge in [-0.05, 0) is 46.7 Å². The van der Waals surface area contributed by atoms with Crippen LogP contribution in [-0.4, -0.2) is 39.6 Å². The highest BCUT2D eigenvalue weighted by Gasteiger charge is 2.51. The summed E-state index contributed by atoms with van der Waals surface area (Å²) in [5.41, 5.74) is 3.32. The van der Waals surface area contributed by atoms with Crippen LogP contribution < -0.4 is 0 Å². The number of carbonyl (C=O) groups is 2. The Morgan fingerprint density at radius 2 is 1.11 bits per heavy atom. The molecule has 5 nitrogen and oxygen atoms in total. The Kier molecular flexibility index (Phi) is 6.40. The number of aliphatic carboxylic acids is 1. The van der Waals surface area contributed by atoms with E-state index in [0.717, 1.165) is 22.3 Å². The first-order chi connectivity index (χ1) is 17.5. The number of aromatic carboxylic acids is 1. The fourth-order valence-electron chi connectivity index (χ4n) is 5.62. The lowest BCUT2D eigenvalue weighted by Crippen LogP contribution is -2.52. The normalized spacial score (nSPS) is 18.1. The van der Waals surface area contributed by atoms with Gasteiger partial charge >= 0.3 is 11.9 Å². The lowest BCUT2D eigenvalue weighted by Gasteiger charge is -2.45. The van der Waals surface area contributed by atoms with E-state index >= 15 is 0 Å². The Balaban J connectivity index is 1.71. The van der Waals surface area contributed by atoms with Crippen LogP contribution in [0.15, 0.2) is 115 Å². The summed E-state index contributed by atoms with van der Waals surface area (Å²) in [7, 11) is 0. The molecule has 0 aliphatic carbocycles. The lowest BCUT2D eigenvalue weighted by molar-refractivity contribution is -0.143. The summed E-state index contributed by atoms with van der Waals surface area (Å²) in [6.45, 7) is 0.502. The summed E-state index contributed by atoms with van der Waals surface area (Å²) < 4.78 is 0. The molecule has 36 heavy (non-hydrogen) atoms. The topological polar surface area (TPSA) is 77.8 Å². The van der Waals surface area contributed by atoms with Gasteiger partial charge in [0.1, 0.15) is 6.04 Å². The summed E-state index contributed by atoms with van der Waals surface area (Å²) >= 11 is 0. The van der Waals surface area contributed by atoms with Gasteiger partial charge in [0.05, 0.1) is 11.1 Å². The van der Waals surface area contributed by atoms with Crippen molar-refractivity contribution in [2.24, 2.45) is 0 Å². The Labute approximate surface area is 210 Å². The molecular weight excluding hydrogens is 450 g/mol. The SMILES string of the molecule is O=C(O)c1ccc(C2C[C@@H](C(=O)O)N(C(c3ccccc3)(c3ccccc3)c3ccccc3)C2)cc1. The average molecular weight is 478 g/mol. The van der Waals surface area contributed by atoms with Crippen molar-refractivity contribution in [3.05, 3.63) is 143 Å². The van der Waals surface area contributed by atoms with E-state index in [0.29, 0.717) is 13.0 Å². The molecular formula is C31H27NO4. The first kappa shape index (κ1) is 23.5. The zero-order chi connectivity index (χ0) is 25.1. The molecule has 0 bridgehead atoms. The number of hydrogen-bond acceptors (Lipinski definition) is 3. The van der Waals surface area contributed by atoms with Gasteiger partial charge in [-0.1, -0.05) is 103 Å². The standard InChI is InChI=1S/C31H27NO4/c33-29(34)23-18-16-22(17-19-23)24-20-28(30(35)36)32(21-24)31(25-10-4-1-5-11-25,26-12-6-2-7-13-26)27-14-8-3-9-15-27/h1-19,24,28H,20-21H2,(H,33,34)(H,35,36)/t24?,28-/m0/s1. The minimum absolute atomic E-state index is 0.0653. The number of carboxylic acids is 2. The first-order valence-corrected chi connectivity index (χ1v) is 12.0. The van der Waals surface area contributed by atoms with Crippen LogP contribution in [0.5, 0.6) is 0 Å². The van der Waals surface area contributed by atoms with Gasteiger partial charge in [-0.25, -0.2) is 4.79 Å². The van der Waals surface area contributed by atoms with Crippen molar-refractivity contribution in [1.29, 1.82) is 0 Å². The number of likely N-dealkylation sites (tertiary alicyclic amines) is 1. The van der Waals surface area contributed by atoms with E-state index in [1.807, 2.05) is 66.7 Å². The highest BCUT2D eigenvalue weighted by Crippen LogP contribution is 2.48. The Bertz CT molecular complexity index is 1240. The molecule has 4 aromatic carbocycles. The Morgan fingerprint density at radius 3 is 1.50 bits per heavy atom. The molecule has 5 rings (SSSR count). The number of nitrogens with zero attached hydrogens (tertiary/aromatic N) is 1. The highest BCUT2D eigenvalue weighted by molar-refractivity contribution is 5.87. The van der Waals surface area contributed by atoms with Gasteiger partial charge in [-0.3, -0.25) is 9.69 Å². The zero-order valence-corrected chi connectivity index (χ0v) is 19.7. The van der Waals surface area contributed by atoms with E-state index in [-0.39, 0.29) is 11.5 Å². The molecule has 0 radical (unpaired) electrons. The summed E-state index contributed by atoms with van der Waals surface area (Å²) in [6, 6.07) is 36.3. The van der Waals surface area contributed by atoms with E-state index in [2.05, 4.69) is 41.3 Å². The monoisotopic (exact) mass is 477 g/mol. The first-order valence-electron chi connectivity index (χ1n) is 12.0. The van der Waals surface area contributed by atoms with E-state index in [1.165, 1.54) is 0 Å². The quantitative estimate of drug-likeness (QED) is 0.338. The molecule has 4 aromatic rings. The van der Waals surface area contributed by atoms with Crippen LogP contribution >= 0.6 is 0 Å². The number of hydrogen-bond donors (Lipinski definition) is 2. The third kappa shape index (κ3) is 4.08. The lowest BCUT2D eigenvalue weighted by atomic mass is 9.75. The van der Waals surface area contributed by atoms with Gasteiger partial charge in [0.25, 0.3) is 0 Å². The van der Waals surface area contributed by atoms with Crippen LogP contribution in [0, 0.1) is 0 Å². The summed E-state index contributed by atoms with van der Waals surface area (Å²) in [6.07, 6.45) is 0.427. The molecule has 5 heteroatoms. The predicted molar refractivity (Wildman–Crippen MR) is 138 cm³/mol. The molecule has 1 aliphatic heterocycles. The van der Waals surface area contributed by atoms with Crippen molar-refractivity contribution in [2.45, 2.75) is 23.9 Å². The van der Waals surface area contributed by atoms with Crippen LogP contribution in [0.25, 0.3) is 0 Å². The molecule has 0 saturated carbocycles. The maximum Gasteiger partial charge on any atom is 0.335 e. The molecule has 0 aromatic heterocycles. The third-order valence-electron chi connectivity index (χ3n) is 7.22. The van der Waals surface area contributed by atoms with Gasteiger partial charge in [0.15, 0.2) is 0 Å². The summed E-state index contributed by atoms with van der Waals surface area (Å²) in [4.78, 5) is 26.2. The molecule has 0 spiro atoms. The van der Waals surface area contributed by atoms with E-state index < -0.39 is 23.5 Å². The minimum Gasteiger partial charge on any atom is -0.480 e. The maximum absolute atomic E-state index is 12.8. The largest absolute Gasteiger partial charge is 0.480 e. The van der Waals surface area contributed by atoms with Gasteiger partial charge in [-0.2, -0.15) is 0 Å². The average Bonchev–Trinajstić information content (AvgIpc) is 3.37. The van der Waals surface area contributed by atoms with Crippen LogP contribution in [0.3, 0.4) is 0 Å². The van der Waals surface area contributed by atoms with Crippen molar-refractivity contribution in [3.8, 4) is 0 Å².